The summed E-state index contributed by atoms with van der Waals surface area (Å²) in [6.45, 7) is 4.23. The molecule has 0 aromatic heterocycles. The van der Waals surface area contributed by atoms with Gasteiger partial charge in [-0.15, -0.1) is 5.73 Å². The summed E-state index contributed by atoms with van der Waals surface area (Å²) >= 11 is 3.38. The highest BCUT2D eigenvalue weighted by atomic mass is 79.9. The third-order valence-electron chi connectivity index (χ3n) is 2.30. The molecule has 0 heterocycles. The minimum atomic E-state index is -0.271. The molecule has 1 aromatic carbocycles. The van der Waals surface area contributed by atoms with Gasteiger partial charge in [0.15, 0.2) is 0 Å². The molecule has 0 aliphatic heterocycles. The zero-order chi connectivity index (χ0) is 13.4. The number of rotatable bonds is 5. The molecule has 18 heavy (non-hydrogen) atoms. The number of carbonyl (C=O) groups excluding carboxylic acids is 1. The Morgan fingerprint density at radius 1 is 1.33 bits per heavy atom. The molecule has 0 spiro atoms. The van der Waals surface area contributed by atoms with Crippen LogP contribution in [-0.4, -0.2) is 12.6 Å². The van der Waals surface area contributed by atoms with Crippen molar-refractivity contribution >= 4 is 28.0 Å². The molecule has 0 amide bonds. The Kier molecular flexibility index (Phi) is 6.48. The number of hydrogen-bond donors (Lipinski definition) is 0. The van der Waals surface area contributed by atoms with Crippen molar-refractivity contribution in [3.05, 3.63) is 45.6 Å². The van der Waals surface area contributed by atoms with E-state index in [1.165, 1.54) is 0 Å². The van der Waals surface area contributed by atoms with E-state index in [0.29, 0.717) is 18.6 Å². The summed E-state index contributed by atoms with van der Waals surface area (Å²) in [7, 11) is 0. The lowest BCUT2D eigenvalue weighted by Crippen LogP contribution is -2.06. The molecular weight excluding hydrogens is 292 g/mol. The van der Waals surface area contributed by atoms with Gasteiger partial charge in [0.2, 0.25) is 0 Å². The largest absolute Gasteiger partial charge is 0.462 e. The van der Waals surface area contributed by atoms with Crippen molar-refractivity contribution in [3.63, 3.8) is 0 Å². The average Bonchev–Trinajstić information content (AvgIpc) is 2.36. The molecule has 0 aliphatic rings. The van der Waals surface area contributed by atoms with Crippen LogP contribution in [-0.2, 0) is 9.53 Å². The van der Waals surface area contributed by atoms with E-state index < -0.39 is 0 Å². The molecular formula is C15H17BrO2. The number of halogens is 1. The molecule has 0 aliphatic carbocycles. The number of hydrogen-bond acceptors (Lipinski definition) is 2. The van der Waals surface area contributed by atoms with Crippen LogP contribution in [0.3, 0.4) is 0 Å². The zero-order valence-electron chi connectivity index (χ0n) is 10.7. The van der Waals surface area contributed by atoms with Crippen LogP contribution in [0.4, 0.5) is 0 Å². The van der Waals surface area contributed by atoms with Gasteiger partial charge in [-0.25, -0.2) is 4.79 Å². The van der Waals surface area contributed by atoms with Crippen LogP contribution < -0.4 is 0 Å². The second-order valence-corrected chi connectivity index (χ2v) is 4.70. The van der Waals surface area contributed by atoms with Gasteiger partial charge in [0.05, 0.1) is 12.2 Å². The molecule has 0 radical (unpaired) electrons. The van der Waals surface area contributed by atoms with Crippen molar-refractivity contribution < 1.29 is 9.53 Å². The summed E-state index contributed by atoms with van der Waals surface area (Å²) < 4.78 is 6.03. The molecule has 0 unspecified atom stereocenters. The minimum absolute atomic E-state index is 0.271. The fourth-order valence-electron chi connectivity index (χ4n) is 1.43. The monoisotopic (exact) mass is 308 g/mol. The van der Waals surface area contributed by atoms with Gasteiger partial charge in [-0.2, -0.15) is 0 Å². The maximum absolute atomic E-state index is 11.7. The molecule has 1 rings (SSSR count). The first-order valence-corrected chi connectivity index (χ1v) is 6.85. The Morgan fingerprint density at radius 2 is 2.00 bits per heavy atom. The van der Waals surface area contributed by atoms with Gasteiger partial charge in [-0.3, -0.25) is 0 Å². The summed E-state index contributed by atoms with van der Waals surface area (Å²) in [4.78, 5) is 11.7. The summed E-state index contributed by atoms with van der Waals surface area (Å²) in [5, 5.41) is 0. The Balaban J connectivity index is 2.93. The third-order valence-corrected chi connectivity index (χ3v) is 2.83. The van der Waals surface area contributed by atoms with E-state index in [0.717, 1.165) is 16.5 Å². The van der Waals surface area contributed by atoms with Gasteiger partial charge in [0.25, 0.3) is 0 Å². The van der Waals surface area contributed by atoms with Crippen molar-refractivity contribution in [1.82, 2.24) is 0 Å². The van der Waals surface area contributed by atoms with Crippen LogP contribution in [0.15, 0.2) is 40.0 Å². The van der Waals surface area contributed by atoms with Crippen molar-refractivity contribution in [2.24, 2.45) is 0 Å². The van der Waals surface area contributed by atoms with Gasteiger partial charge < -0.3 is 4.74 Å². The molecule has 0 fully saturated rings. The lowest BCUT2D eigenvalue weighted by atomic mass is 10.1. The van der Waals surface area contributed by atoms with Gasteiger partial charge in [-0.1, -0.05) is 41.4 Å². The first-order valence-electron chi connectivity index (χ1n) is 6.05. The zero-order valence-corrected chi connectivity index (χ0v) is 12.3. The van der Waals surface area contributed by atoms with E-state index in [2.05, 4.69) is 21.7 Å². The second kappa shape index (κ2) is 7.91. The molecule has 2 nitrogen and oxygen atoms in total. The predicted octanol–water partition coefficient (Wildman–Crippen LogP) is 4.35. The number of ether oxygens (including phenoxy) is 1. The number of carbonyl (C=O) groups is 1. The molecule has 3 heteroatoms. The molecule has 0 atom stereocenters. The van der Waals surface area contributed by atoms with Crippen LogP contribution >= 0.6 is 15.9 Å². The fraction of sp³-hybridized carbons (Fsp3) is 0.333. The predicted molar refractivity (Wildman–Crippen MR) is 77.2 cm³/mol. The first kappa shape index (κ1) is 14.7. The van der Waals surface area contributed by atoms with Gasteiger partial charge in [-0.05, 0) is 37.1 Å². The van der Waals surface area contributed by atoms with E-state index >= 15 is 0 Å². The van der Waals surface area contributed by atoms with Crippen LogP contribution in [0.5, 0.6) is 0 Å². The van der Waals surface area contributed by atoms with Crippen LogP contribution in [0, 0.1) is 0 Å². The van der Waals surface area contributed by atoms with Gasteiger partial charge in [0, 0.05) is 4.47 Å². The normalized spacial score (nSPS) is 9.50. The second-order valence-electron chi connectivity index (χ2n) is 3.79. The Morgan fingerprint density at radius 3 is 2.56 bits per heavy atom. The molecule has 0 saturated carbocycles. The highest BCUT2D eigenvalue weighted by Gasteiger charge is 2.07. The van der Waals surface area contributed by atoms with Crippen molar-refractivity contribution in [2.45, 2.75) is 26.7 Å². The van der Waals surface area contributed by atoms with Crippen molar-refractivity contribution in [2.75, 3.05) is 6.61 Å². The van der Waals surface area contributed by atoms with Crippen molar-refractivity contribution in [1.29, 1.82) is 0 Å². The average molecular weight is 309 g/mol. The Labute approximate surface area is 116 Å². The minimum Gasteiger partial charge on any atom is -0.462 e. The van der Waals surface area contributed by atoms with Crippen LogP contribution in [0.2, 0.25) is 0 Å². The summed E-state index contributed by atoms with van der Waals surface area (Å²) in [6.07, 6.45) is 3.40. The molecule has 1 aromatic rings. The van der Waals surface area contributed by atoms with E-state index in [1.54, 1.807) is 6.92 Å². The van der Waals surface area contributed by atoms with E-state index in [-0.39, 0.29) is 5.97 Å². The summed E-state index contributed by atoms with van der Waals surface area (Å²) in [5.74, 6) is -0.271. The third kappa shape index (κ3) is 4.91. The van der Waals surface area contributed by atoms with Crippen LogP contribution in [0.25, 0.3) is 6.08 Å². The highest BCUT2D eigenvalue weighted by molar-refractivity contribution is 9.10. The molecule has 96 valence electrons. The van der Waals surface area contributed by atoms with E-state index in [9.17, 15) is 4.79 Å². The maximum atomic E-state index is 11.7. The summed E-state index contributed by atoms with van der Waals surface area (Å²) in [5.41, 5.74) is 4.65. The van der Waals surface area contributed by atoms with Crippen LogP contribution in [0.1, 0.15) is 32.3 Å². The highest BCUT2D eigenvalue weighted by Crippen LogP contribution is 2.12. The molecule has 0 bridgehead atoms. The standard InChI is InChI=1S/C15H17BrO2/c1-3-5-13(15(17)18-4-2)9-6-12-7-10-14(16)11-8-12/h6-8,10-11H,3-5H2,1-2H3. The van der Waals surface area contributed by atoms with Gasteiger partial charge in [0.1, 0.15) is 0 Å². The lowest BCUT2D eigenvalue weighted by Gasteiger charge is -2.02. The SMILES string of the molecule is CCCC(=C=Cc1ccc(Br)cc1)C(=O)OCC. The maximum Gasteiger partial charge on any atom is 0.341 e. The number of esters is 1. The topological polar surface area (TPSA) is 26.3 Å². The molecule has 0 N–H and O–H groups in total. The lowest BCUT2D eigenvalue weighted by molar-refractivity contribution is -0.138. The molecule has 0 saturated heterocycles. The van der Waals surface area contributed by atoms with Crippen molar-refractivity contribution in [3.8, 4) is 0 Å². The first-order chi connectivity index (χ1) is 8.67. The number of benzene rings is 1. The Bertz CT molecular complexity index is 454. The van der Waals surface area contributed by atoms with E-state index in [4.69, 9.17) is 4.74 Å². The summed E-state index contributed by atoms with van der Waals surface area (Å²) in [6, 6.07) is 7.84. The van der Waals surface area contributed by atoms with E-state index in [1.807, 2.05) is 37.3 Å². The quantitative estimate of drug-likeness (QED) is 0.459. The fourth-order valence-corrected chi connectivity index (χ4v) is 1.70. The van der Waals surface area contributed by atoms with Gasteiger partial charge >= 0.3 is 5.97 Å². The Hall–Kier alpha value is -1.31. The smallest absolute Gasteiger partial charge is 0.341 e.